The van der Waals surface area contributed by atoms with E-state index in [0.717, 1.165) is 5.56 Å². The van der Waals surface area contributed by atoms with Crippen molar-refractivity contribution in [3.63, 3.8) is 0 Å². The van der Waals surface area contributed by atoms with E-state index in [1.807, 2.05) is 4.90 Å². The van der Waals surface area contributed by atoms with Crippen LogP contribution in [-0.4, -0.2) is 60.5 Å². The third-order valence-electron chi connectivity index (χ3n) is 7.58. The Balaban J connectivity index is 1.54. The molecule has 1 fully saturated rings. The molecule has 0 aromatic heterocycles. The van der Waals surface area contributed by atoms with E-state index in [9.17, 15) is 35.9 Å². The van der Waals surface area contributed by atoms with Crippen molar-refractivity contribution < 1.29 is 40.7 Å². The molecule has 1 unspecified atom stereocenters. The molecule has 14 heteroatoms. The predicted octanol–water partition coefficient (Wildman–Crippen LogP) is 4.33. The summed E-state index contributed by atoms with van der Waals surface area (Å²) in [5, 5.41) is 5.97. The van der Waals surface area contributed by atoms with Crippen molar-refractivity contribution in [1.29, 1.82) is 0 Å². The van der Waals surface area contributed by atoms with E-state index in [1.165, 1.54) is 18.0 Å². The Kier molecular flexibility index (Phi) is 8.07. The first-order valence-corrected chi connectivity index (χ1v) is 13.5. The number of hydrogen-bond acceptors (Lipinski definition) is 6. The topological polar surface area (TPSA) is 77.2 Å². The number of rotatable bonds is 4. The number of piperazine rings is 1. The van der Waals surface area contributed by atoms with E-state index < -0.39 is 35.4 Å². The summed E-state index contributed by atoms with van der Waals surface area (Å²) >= 11 is 0. The molecule has 3 aliphatic heterocycles. The predicted molar refractivity (Wildman–Crippen MR) is 144 cm³/mol. The fraction of sp³-hybridized carbons (Fsp3) is 0.379. The fourth-order valence-corrected chi connectivity index (χ4v) is 5.32. The van der Waals surface area contributed by atoms with Gasteiger partial charge in [0.1, 0.15) is 0 Å². The maximum atomic E-state index is 14.2. The highest BCUT2D eigenvalue weighted by atomic mass is 19.4. The van der Waals surface area contributed by atoms with Crippen LogP contribution in [0.1, 0.15) is 29.2 Å². The third-order valence-corrected chi connectivity index (χ3v) is 7.58. The summed E-state index contributed by atoms with van der Waals surface area (Å²) in [7, 11) is 0. The number of nitrogens with zero attached hydrogens (tertiary/aromatic N) is 3. The third kappa shape index (κ3) is 6.43. The number of nitrogens with one attached hydrogen (secondary N) is 2. The number of halogens is 6. The number of aryl methyl sites for hydroxylation is 1. The summed E-state index contributed by atoms with van der Waals surface area (Å²) < 4.78 is 87.5. The average molecular weight is 610 g/mol. The number of anilines is 1. The first kappa shape index (κ1) is 30.3. The Morgan fingerprint density at radius 1 is 0.977 bits per heavy atom. The van der Waals surface area contributed by atoms with Gasteiger partial charge in [-0.15, -0.1) is 0 Å². The van der Waals surface area contributed by atoms with Crippen molar-refractivity contribution in [2.45, 2.75) is 38.7 Å². The summed E-state index contributed by atoms with van der Waals surface area (Å²) in [6.07, 6.45) is -8.83. The minimum atomic E-state index is -5.00. The van der Waals surface area contributed by atoms with Gasteiger partial charge in [0.2, 0.25) is 17.7 Å². The van der Waals surface area contributed by atoms with Crippen LogP contribution in [0.2, 0.25) is 0 Å². The molecule has 2 N–H and O–H groups in total. The van der Waals surface area contributed by atoms with Gasteiger partial charge in [0.15, 0.2) is 0 Å². The molecule has 3 heterocycles. The largest absolute Gasteiger partial charge is 0.423 e. The number of carbonyl (C=O) groups excluding carboxylic acids is 2. The van der Waals surface area contributed by atoms with Crippen LogP contribution in [-0.2, 0) is 33.1 Å². The van der Waals surface area contributed by atoms with Gasteiger partial charge in [0.25, 0.3) is 5.91 Å². The van der Waals surface area contributed by atoms with E-state index in [4.69, 9.17) is 4.74 Å². The lowest BCUT2D eigenvalue weighted by Crippen LogP contribution is -2.50. The van der Waals surface area contributed by atoms with Gasteiger partial charge in [-0.25, -0.2) is 0 Å². The van der Waals surface area contributed by atoms with Gasteiger partial charge in [-0.3, -0.25) is 19.8 Å². The number of amides is 2. The molecule has 0 spiro atoms. The van der Waals surface area contributed by atoms with E-state index in [1.54, 1.807) is 36.1 Å². The Labute approximate surface area is 243 Å². The second-order valence-corrected chi connectivity index (χ2v) is 10.5. The number of benzene rings is 2. The van der Waals surface area contributed by atoms with Gasteiger partial charge in [-0.05, 0) is 48.7 Å². The normalized spacial score (nSPS) is 19.8. The summed E-state index contributed by atoms with van der Waals surface area (Å²) in [4.78, 5) is 31.0. The van der Waals surface area contributed by atoms with Crippen LogP contribution in [0.4, 0.5) is 32.0 Å². The summed E-state index contributed by atoms with van der Waals surface area (Å²) in [6, 6.07) is 7.49. The number of alkyl halides is 6. The van der Waals surface area contributed by atoms with Crippen molar-refractivity contribution in [1.82, 2.24) is 20.4 Å². The van der Waals surface area contributed by atoms with E-state index in [-0.39, 0.29) is 42.1 Å². The number of ether oxygens (including phenoxy) is 1. The highest BCUT2D eigenvalue weighted by Gasteiger charge is 2.40. The van der Waals surface area contributed by atoms with Crippen LogP contribution in [0, 0.1) is 6.92 Å². The molecule has 5 rings (SSSR count). The highest BCUT2D eigenvalue weighted by molar-refractivity contribution is 6.08. The van der Waals surface area contributed by atoms with Gasteiger partial charge in [0, 0.05) is 39.1 Å². The standard InChI is InChI=1S/C29H29F6N5O3/c1-17-5-3-4-6-23(17)40-15-24(39-9-7-38(8-10-39)18(2)41)43-26-25(27(40)42)22(36-16-37-26)13-19-11-20(28(30,31)32)14-21(12-19)29(33,34)35/h3-6,11-12,14-15,22,36-37H,7-10,13,16H2,1-2H3. The maximum absolute atomic E-state index is 14.2. The Hall–Kier alpha value is -4.20. The van der Waals surface area contributed by atoms with Gasteiger partial charge in [-0.2, -0.15) is 26.3 Å². The van der Waals surface area contributed by atoms with Crippen molar-refractivity contribution >= 4 is 17.5 Å². The molecule has 3 aliphatic rings. The van der Waals surface area contributed by atoms with Crippen LogP contribution in [0.15, 0.2) is 66.0 Å². The molecule has 43 heavy (non-hydrogen) atoms. The second kappa shape index (κ2) is 11.5. The average Bonchev–Trinajstić information content (AvgIpc) is 3.09. The number of hydrogen-bond donors (Lipinski definition) is 2. The van der Waals surface area contributed by atoms with Crippen LogP contribution in [0.3, 0.4) is 0 Å². The maximum Gasteiger partial charge on any atom is 0.416 e. The van der Waals surface area contributed by atoms with Crippen LogP contribution < -0.4 is 15.5 Å². The van der Waals surface area contributed by atoms with E-state index in [2.05, 4.69) is 10.6 Å². The van der Waals surface area contributed by atoms with Crippen LogP contribution in [0.25, 0.3) is 0 Å². The monoisotopic (exact) mass is 609 g/mol. The van der Waals surface area contributed by atoms with Gasteiger partial charge < -0.3 is 19.9 Å². The zero-order valence-electron chi connectivity index (χ0n) is 23.3. The molecule has 0 bridgehead atoms. The SMILES string of the molecule is CC(=O)N1CCN(C2=CN(c3ccccc3C)C(=O)C3=C(NCNC3Cc3cc(C(F)(F)F)cc(C(F)(F)F)c3)O2)CC1. The molecule has 8 nitrogen and oxygen atoms in total. The molecule has 2 aromatic carbocycles. The molecule has 230 valence electrons. The van der Waals surface area contributed by atoms with Crippen molar-refractivity contribution in [2.24, 2.45) is 0 Å². The first-order chi connectivity index (χ1) is 20.2. The quantitative estimate of drug-likeness (QED) is 0.503. The van der Waals surface area contributed by atoms with Gasteiger partial charge >= 0.3 is 12.4 Å². The molecule has 2 amide bonds. The number of para-hydroxylation sites is 1. The summed E-state index contributed by atoms with van der Waals surface area (Å²) in [6.45, 7) is 5.00. The molecular weight excluding hydrogens is 580 g/mol. The Bertz CT molecular complexity index is 1450. The molecule has 1 saturated heterocycles. The molecule has 2 aromatic rings. The summed E-state index contributed by atoms with van der Waals surface area (Å²) in [5.41, 5.74) is -1.82. The van der Waals surface area contributed by atoms with E-state index >= 15 is 0 Å². The van der Waals surface area contributed by atoms with Gasteiger partial charge in [0.05, 0.1) is 35.3 Å². The zero-order valence-corrected chi connectivity index (χ0v) is 23.3. The van der Waals surface area contributed by atoms with E-state index in [0.29, 0.717) is 49.9 Å². The lowest BCUT2D eigenvalue weighted by molar-refractivity contribution is -0.143. The molecular formula is C29H29F6N5O3. The van der Waals surface area contributed by atoms with Gasteiger partial charge in [-0.1, -0.05) is 18.2 Å². The lowest BCUT2D eigenvalue weighted by Gasteiger charge is -2.36. The van der Waals surface area contributed by atoms with Crippen LogP contribution >= 0.6 is 0 Å². The second-order valence-electron chi connectivity index (χ2n) is 10.5. The first-order valence-electron chi connectivity index (χ1n) is 13.5. The van der Waals surface area contributed by atoms with Crippen molar-refractivity contribution in [2.75, 3.05) is 37.7 Å². The molecule has 0 saturated carbocycles. The molecule has 0 radical (unpaired) electrons. The van der Waals surface area contributed by atoms with Crippen molar-refractivity contribution in [3.8, 4) is 0 Å². The minimum absolute atomic E-state index is 0.0223. The highest BCUT2D eigenvalue weighted by Crippen LogP contribution is 2.37. The van der Waals surface area contributed by atoms with Crippen LogP contribution in [0.5, 0.6) is 0 Å². The number of carbonyl (C=O) groups is 2. The minimum Gasteiger partial charge on any atom is -0.423 e. The molecule has 1 atom stereocenters. The Morgan fingerprint density at radius 2 is 1.60 bits per heavy atom. The van der Waals surface area contributed by atoms with Crippen molar-refractivity contribution in [3.05, 3.63) is 88.3 Å². The smallest absolute Gasteiger partial charge is 0.416 e. The fourth-order valence-electron chi connectivity index (χ4n) is 5.32. The summed E-state index contributed by atoms with van der Waals surface area (Å²) in [5.74, 6) is -0.276. The Morgan fingerprint density at radius 3 is 2.19 bits per heavy atom. The zero-order chi connectivity index (χ0) is 31.1. The lowest BCUT2D eigenvalue weighted by atomic mass is 9.94. The molecule has 0 aliphatic carbocycles.